The Labute approximate surface area is 145 Å². The lowest BCUT2D eigenvalue weighted by Gasteiger charge is -2.44. The summed E-state index contributed by atoms with van der Waals surface area (Å²) in [6.07, 6.45) is 3.79. The number of carboxylic acids is 1. The first-order valence-corrected chi connectivity index (χ1v) is 8.56. The number of ketones is 1. The monoisotopic (exact) mass is 340 g/mol. The topological polar surface area (TPSA) is 81.1 Å². The number of hydrogen-bond donors (Lipinski definition) is 2. The second-order valence-corrected chi connectivity index (χ2v) is 6.62. The van der Waals surface area contributed by atoms with Gasteiger partial charge in [-0.25, -0.2) is 9.80 Å². The van der Waals surface area contributed by atoms with Crippen LogP contribution in [0.4, 0.5) is 0 Å². The van der Waals surface area contributed by atoms with Gasteiger partial charge in [-0.3, -0.25) is 9.80 Å². The average molecular weight is 340 g/mol. The summed E-state index contributed by atoms with van der Waals surface area (Å²) in [5, 5.41) is 23.3. The summed E-state index contributed by atoms with van der Waals surface area (Å²) in [6, 6.07) is 6.70. The highest BCUT2D eigenvalue weighted by molar-refractivity contribution is 6.11. The fourth-order valence-electron chi connectivity index (χ4n) is 4.03. The van der Waals surface area contributed by atoms with Gasteiger partial charge < -0.3 is 10.2 Å². The fraction of sp³-hybridized carbons (Fsp3) is 0.368. The number of hydrogen-bond acceptors (Lipinski definition) is 5. The van der Waals surface area contributed by atoms with Gasteiger partial charge in [-0.1, -0.05) is 24.3 Å². The Kier molecular flexibility index (Phi) is 3.94. The van der Waals surface area contributed by atoms with Crippen LogP contribution in [0.5, 0.6) is 0 Å². The Morgan fingerprint density at radius 2 is 1.92 bits per heavy atom. The minimum absolute atomic E-state index is 0.0676. The quantitative estimate of drug-likeness (QED) is 0.861. The van der Waals surface area contributed by atoms with Crippen molar-refractivity contribution in [2.24, 2.45) is 0 Å². The van der Waals surface area contributed by atoms with Crippen LogP contribution in [0, 0.1) is 0 Å². The van der Waals surface area contributed by atoms with Gasteiger partial charge in [-0.05, 0) is 30.1 Å². The Morgan fingerprint density at radius 3 is 2.60 bits per heavy atom. The van der Waals surface area contributed by atoms with E-state index in [1.807, 2.05) is 29.3 Å². The first-order valence-electron chi connectivity index (χ1n) is 8.56. The Morgan fingerprint density at radius 1 is 1.20 bits per heavy atom. The van der Waals surface area contributed by atoms with E-state index in [1.54, 1.807) is 5.01 Å². The third kappa shape index (κ3) is 2.49. The molecule has 6 heteroatoms. The largest absolute Gasteiger partial charge is 0.479 e. The van der Waals surface area contributed by atoms with E-state index in [1.165, 1.54) is 6.08 Å². The molecule has 1 fully saturated rings. The molecular weight excluding hydrogens is 320 g/mol. The van der Waals surface area contributed by atoms with Crippen LogP contribution in [-0.2, 0) is 16.0 Å². The fourth-order valence-corrected chi connectivity index (χ4v) is 4.03. The molecule has 0 amide bonds. The number of nitrogens with zero attached hydrogens (tertiary/aromatic N) is 2. The van der Waals surface area contributed by atoms with Gasteiger partial charge in [0.1, 0.15) is 0 Å². The summed E-state index contributed by atoms with van der Waals surface area (Å²) in [5.41, 5.74) is 3.30. The van der Waals surface area contributed by atoms with Crippen LogP contribution in [0.2, 0.25) is 0 Å². The summed E-state index contributed by atoms with van der Waals surface area (Å²) >= 11 is 0. The molecular formula is C19H20N2O4. The standard InChI is InChI=1S/C19H20N2O4/c22-11-13-9-15(19(24)25)21(20-7-3-4-8-20)18-14-6-2-1-5-12(14)10-16(23)17(13)18/h1-2,5-6,9,15,22H,3-4,7-8,10-11H2,(H,24,25). The number of rotatable bonds is 3. The second-order valence-electron chi connectivity index (χ2n) is 6.62. The van der Waals surface area contributed by atoms with Crippen molar-refractivity contribution in [1.82, 2.24) is 10.0 Å². The van der Waals surface area contributed by atoms with E-state index in [0.29, 0.717) is 16.8 Å². The van der Waals surface area contributed by atoms with Crippen molar-refractivity contribution >= 4 is 17.4 Å². The molecule has 130 valence electrons. The van der Waals surface area contributed by atoms with Crippen LogP contribution < -0.4 is 0 Å². The van der Waals surface area contributed by atoms with Gasteiger partial charge in [0.05, 0.1) is 12.3 Å². The molecule has 1 aliphatic carbocycles. The van der Waals surface area contributed by atoms with E-state index in [9.17, 15) is 19.8 Å². The first-order chi connectivity index (χ1) is 12.1. The number of carbonyl (C=O) groups excluding carboxylic acids is 1. The molecule has 2 heterocycles. The number of aliphatic hydroxyl groups excluding tert-OH is 1. The van der Waals surface area contributed by atoms with Crippen molar-refractivity contribution in [2.75, 3.05) is 19.7 Å². The summed E-state index contributed by atoms with van der Waals surface area (Å²) in [7, 11) is 0. The maximum atomic E-state index is 12.8. The van der Waals surface area contributed by atoms with Crippen molar-refractivity contribution in [3.05, 3.63) is 52.6 Å². The number of carboxylic acid groups (broad SMARTS) is 1. The molecule has 1 unspecified atom stereocenters. The zero-order valence-corrected chi connectivity index (χ0v) is 13.8. The van der Waals surface area contributed by atoms with Crippen LogP contribution >= 0.6 is 0 Å². The van der Waals surface area contributed by atoms with Crippen molar-refractivity contribution < 1.29 is 19.8 Å². The smallest absolute Gasteiger partial charge is 0.331 e. The second kappa shape index (κ2) is 6.13. The molecule has 0 bridgehead atoms. The minimum Gasteiger partial charge on any atom is -0.479 e. The molecule has 1 aromatic carbocycles. The van der Waals surface area contributed by atoms with Gasteiger partial charge in [0, 0.05) is 30.6 Å². The van der Waals surface area contributed by atoms with E-state index in [0.717, 1.165) is 37.1 Å². The molecule has 1 saturated heterocycles. The molecule has 25 heavy (non-hydrogen) atoms. The van der Waals surface area contributed by atoms with Gasteiger partial charge in [0.15, 0.2) is 11.8 Å². The van der Waals surface area contributed by atoms with Crippen molar-refractivity contribution in [2.45, 2.75) is 25.3 Å². The molecule has 0 radical (unpaired) electrons. The van der Waals surface area contributed by atoms with E-state index in [-0.39, 0.29) is 18.8 Å². The molecule has 1 atom stereocenters. The van der Waals surface area contributed by atoms with Crippen LogP contribution in [0.1, 0.15) is 24.0 Å². The third-order valence-electron chi connectivity index (χ3n) is 5.12. The zero-order valence-electron chi connectivity index (χ0n) is 13.8. The summed E-state index contributed by atoms with van der Waals surface area (Å²) in [6.45, 7) is 1.18. The van der Waals surface area contributed by atoms with Gasteiger partial charge in [-0.15, -0.1) is 0 Å². The molecule has 1 aromatic rings. The molecule has 0 spiro atoms. The number of aliphatic carboxylic acids is 1. The Bertz CT molecular complexity index is 805. The number of carbonyl (C=O) groups is 2. The first kappa shape index (κ1) is 16.1. The van der Waals surface area contributed by atoms with Crippen molar-refractivity contribution in [3.63, 3.8) is 0 Å². The van der Waals surface area contributed by atoms with E-state index < -0.39 is 12.0 Å². The van der Waals surface area contributed by atoms with E-state index in [2.05, 4.69) is 0 Å². The number of Topliss-reactive ketones (excluding diaryl/α,β-unsaturated/α-hetero) is 1. The maximum Gasteiger partial charge on any atom is 0.331 e. The molecule has 2 N–H and O–H groups in total. The molecule has 3 aliphatic rings. The minimum atomic E-state index is -0.986. The molecule has 6 nitrogen and oxygen atoms in total. The lowest BCUT2D eigenvalue weighted by Crippen LogP contribution is -2.52. The summed E-state index contributed by atoms with van der Waals surface area (Å²) in [4.78, 5) is 24.7. The number of aliphatic hydroxyl groups is 1. The highest BCUT2D eigenvalue weighted by Gasteiger charge is 2.42. The van der Waals surface area contributed by atoms with E-state index >= 15 is 0 Å². The van der Waals surface area contributed by atoms with Gasteiger partial charge in [0.2, 0.25) is 0 Å². The van der Waals surface area contributed by atoms with E-state index in [4.69, 9.17) is 0 Å². The highest BCUT2D eigenvalue weighted by atomic mass is 16.4. The lowest BCUT2D eigenvalue weighted by molar-refractivity contribution is -0.145. The third-order valence-corrected chi connectivity index (χ3v) is 5.12. The van der Waals surface area contributed by atoms with Crippen molar-refractivity contribution in [3.8, 4) is 0 Å². The van der Waals surface area contributed by atoms with Crippen molar-refractivity contribution in [1.29, 1.82) is 0 Å². The average Bonchev–Trinajstić information content (AvgIpc) is 3.14. The predicted octanol–water partition coefficient (Wildman–Crippen LogP) is 1.22. The summed E-state index contributed by atoms with van der Waals surface area (Å²) in [5.74, 6) is -1.05. The lowest BCUT2D eigenvalue weighted by atomic mass is 9.82. The van der Waals surface area contributed by atoms with Gasteiger partial charge in [-0.2, -0.15) is 0 Å². The summed E-state index contributed by atoms with van der Waals surface area (Å²) < 4.78 is 0. The van der Waals surface area contributed by atoms with Crippen LogP contribution in [0.15, 0.2) is 41.5 Å². The number of benzene rings is 1. The van der Waals surface area contributed by atoms with Gasteiger partial charge >= 0.3 is 5.97 Å². The zero-order chi connectivity index (χ0) is 17.6. The van der Waals surface area contributed by atoms with Gasteiger partial charge in [0.25, 0.3) is 0 Å². The normalized spacial score (nSPS) is 23.4. The highest BCUT2D eigenvalue weighted by Crippen LogP contribution is 2.41. The molecule has 4 rings (SSSR count). The van der Waals surface area contributed by atoms with Crippen LogP contribution in [0.25, 0.3) is 5.70 Å². The SMILES string of the molecule is O=C1Cc2ccccc2C2=C1C(CO)=CC(C(=O)O)N2N1CCCC1. The predicted molar refractivity (Wildman–Crippen MR) is 91.3 cm³/mol. The molecule has 0 aromatic heterocycles. The van der Waals surface area contributed by atoms with Crippen LogP contribution in [-0.4, -0.2) is 57.7 Å². The van der Waals surface area contributed by atoms with Crippen LogP contribution in [0.3, 0.4) is 0 Å². The maximum absolute atomic E-state index is 12.8. The Balaban J connectivity index is 1.96. The molecule has 2 aliphatic heterocycles. The number of hydrazine groups is 1. The number of fused-ring (bicyclic) bond motifs is 2. The Hall–Kier alpha value is -2.44. The molecule has 0 saturated carbocycles.